The minimum Gasteiger partial charge on any atom is -0.398 e. The zero-order chi connectivity index (χ0) is 14.3. The van der Waals surface area contributed by atoms with Gasteiger partial charge in [0.15, 0.2) is 5.78 Å². The molecule has 1 heterocycles. The fraction of sp³-hybridized carbons (Fsp3) is 0.118. The van der Waals surface area contributed by atoms with Crippen LogP contribution in [0.15, 0.2) is 42.6 Å². The van der Waals surface area contributed by atoms with Crippen LogP contribution in [0.1, 0.15) is 27.0 Å². The summed E-state index contributed by atoms with van der Waals surface area (Å²) in [6.07, 6.45) is 1.77. The van der Waals surface area contributed by atoms with E-state index in [0.717, 1.165) is 22.0 Å². The van der Waals surface area contributed by atoms with E-state index in [1.54, 1.807) is 12.3 Å². The fourth-order valence-corrected chi connectivity index (χ4v) is 2.57. The first-order valence-corrected chi connectivity index (χ1v) is 6.56. The molecule has 3 rings (SSSR count). The van der Waals surface area contributed by atoms with Crippen LogP contribution < -0.4 is 5.73 Å². The van der Waals surface area contributed by atoms with Crippen LogP contribution in [-0.2, 0) is 0 Å². The Morgan fingerprint density at radius 1 is 1.00 bits per heavy atom. The lowest BCUT2D eigenvalue weighted by Crippen LogP contribution is -2.06. The first-order valence-electron chi connectivity index (χ1n) is 6.56. The lowest BCUT2D eigenvalue weighted by molar-refractivity contribution is 0.104. The van der Waals surface area contributed by atoms with E-state index in [0.29, 0.717) is 16.8 Å². The second-order valence-electron chi connectivity index (χ2n) is 5.07. The van der Waals surface area contributed by atoms with Crippen molar-refractivity contribution in [1.29, 1.82) is 0 Å². The van der Waals surface area contributed by atoms with Crippen molar-refractivity contribution >= 4 is 22.4 Å². The van der Waals surface area contributed by atoms with E-state index < -0.39 is 0 Å². The quantitative estimate of drug-likeness (QED) is 0.549. The number of rotatable bonds is 2. The van der Waals surface area contributed by atoms with Crippen molar-refractivity contribution < 1.29 is 4.79 Å². The van der Waals surface area contributed by atoms with Crippen molar-refractivity contribution in [3.8, 4) is 0 Å². The van der Waals surface area contributed by atoms with Gasteiger partial charge in [-0.2, -0.15) is 0 Å². The molecule has 3 nitrogen and oxygen atoms in total. The van der Waals surface area contributed by atoms with Gasteiger partial charge in [-0.05, 0) is 37.1 Å². The van der Waals surface area contributed by atoms with Gasteiger partial charge in [0.05, 0.1) is 0 Å². The molecule has 3 N–H and O–H groups in total. The summed E-state index contributed by atoms with van der Waals surface area (Å²) in [7, 11) is 0. The molecule has 0 amide bonds. The number of fused-ring (bicyclic) bond motifs is 1. The van der Waals surface area contributed by atoms with Crippen molar-refractivity contribution in [2.75, 3.05) is 5.73 Å². The van der Waals surface area contributed by atoms with Gasteiger partial charge >= 0.3 is 0 Å². The van der Waals surface area contributed by atoms with E-state index in [2.05, 4.69) is 4.98 Å². The number of ketones is 1. The Bertz CT molecular complexity index is 815. The molecule has 0 aliphatic carbocycles. The molecule has 3 aromatic rings. The van der Waals surface area contributed by atoms with E-state index in [1.807, 2.05) is 44.2 Å². The molecule has 0 unspecified atom stereocenters. The fourth-order valence-electron chi connectivity index (χ4n) is 2.57. The van der Waals surface area contributed by atoms with Gasteiger partial charge in [-0.3, -0.25) is 4.79 Å². The number of anilines is 1. The highest BCUT2D eigenvalue weighted by molar-refractivity contribution is 6.19. The number of benzene rings is 2. The summed E-state index contributed by atoms with van der Waals surface area (Å²) in [4.78, 5) is 15.9. The van der Waals surface area contributed by atoms with Crippen molar-refractivity contribution in [2.24, 2.45) is 0 Å². The van der Waals surface area contributed by atoms with E-state index >= 15 is 0 Å². The first-order chi connectivity index (χ1) is 9.59. The van der Waals surface area contributed by atoms with Crippen molar-refractivity contribution in [3.05, 3.63) is 64.8 Å². The topological polar surface area (TPSA) is 58.9 Å². The van der Waals surface area contributed by atoms with Crippen LogP contribution in [0.4, 0.5) is 5.69 Å². The molecule has 0 radical (unpaired) electrons. The maximum absolute atomic E-state index is 12.7. The molecule has 0 aliphatic heterocycles. The van der Waals surface area contributed by atoms with Gasteiger partial charge in [0.1, 0.15) is 0 Å². The molecule has 100 valence electrons. The average molecular weight is 264 g/mol. The van der Waals surface area contributed by atoms with Gasteiger partial charge < -0.3 is 10.7 Å². The van der Waals surface area contributed by atoms with Crippen LogP contribution in [-0.4, -0.2) is 10.8 Å². The molecule has 1 aromatic heterocycles. The average Bonchev–Trinajstić information content (AvgIpc) is 2.86. The largest absolute Gasteiger partial charge is 0.398 e. The lowest BCUT2D eigenvalue weighted by atomic mass is 9.97. The van der Waals surface area contributed by atoms with Crippen molar-refractivity contribution in [3.63, 3.8) is 0 Å². The summed E-state index contributed by atoms with van der Waals surface area (Å²) in [6.45, 7) is 3.92. The highest BCUT2D eigenvalue weighted by atomic mass is 16.1. The Balaban J connectivity index is 2.21. The molecular weight excluding hydrogens is 248 g/mol. The number of aromatic nitrogens is 1. The number of carbonyl (C=O) groups is 1. The third-order valence-electron chi connectivity index (χ3n) is 3.73. The van der Waals surface area contributed by atoms with Gasteiger partial charge in [-0.1, -0.05) is 24.3 Å². The predicted octanol–water partition coefficient (Wildman–Crippen LogP) is 3.60. The minimum absolute atomic E-state index is 0.0354. The number of nitrogens with two attached hydrogens (primary N) is 1. The number of aryl methyl sites for hydroxylation is 2. The number of hydrogen-bond acceptors (Lipinski definition) is 2. The number of H-pyrrole nitrogens is 1. The number of carbonyl (C=O) groups excluding carboxylic acids is 1. The normalized spacial score (nSPS) is 10.9. The highest BCUT2D eigenvalue weighted by Gasteiger charge is 2.18. The maximum atomic E-state index is 12.7. The Morgan fingerprint density at radius 2 is 1.70 bits per heavy atom. The zero-order valence-electron chi connectivity index (χ0n) is 11.5. The molecule has 2 aromatic carbocycles. The summed E-state index contributed by atoms with van der Waals surface area (Å²) < 4.78 is 0. The second-order valence-corrected chi connectivity index (χ2v) is 5.07. The molecule has 0 saturated carbocycles. The van der Waals surface area contributed by atoms with Gasteiger partial charge in [0, 0.05) is 33.9 Å². The van der Waals surface area contributed by atoms with Gasteiger partial charge in [-0.25, -0.2) is 0 Å². The monoisotopic (exact) mass is 264 g/mol. The number of hydrogen-bond donors (Lipinski definition) is 2. The predicted molar refractivity (Wildman–Crippen MR) is 82.1 cm³/mol. The zero-order valence-corrected chi connectivity index (χ0v) is 11.5. The molecule has 0 bridgehead atoms. The van der Waals surface area contributed by atoms with Crippen LogP contribution >= 0.6 is 0 Å². The van der Waals surface area contributed by atoms with Crippen LogP contribution in [0.25, 0.3) is 10.9 Å². The Morgan fingerprint density at radius 3 is 2.50 bits per heavy atom. The SMILES string of the molecule is Cc1cccc(C(=O)c2c[nH]c3cccc(C)c23)c1N. The molecule has 0 fully saturated rings. The van der Waals surface area contributed by atoms with E-state index in [4.69, 9.17) is 5.73 Å². The Hall–Kier alpha value is -2.55. The molecular formula is C17H16N2O. The van der Waals surface area contributed by atoms with Gasteiger partial charge in [0.25, 0.3) is 0 Å². The highest BCUT2D eigenvalue weighted by Crippen LogP contribution is 2.27. The maximum Gasteiger partial charge on any atom is 0.197 e. The Labute approximate surface area is 117 Å². The van der Waals surface area contributed by atoms with Crippen LogP contribution in [0.5, 0.6) is 0 Å². The first kappa shape index (κ1) is 12.5. The molecule has 0 atom stereocenters. The standard InChI is InChI=1S/C17H16N2O/c1-10-5-4-8-14-15(10)13(9-19-14)17(20)12-7-3-6-11(2)16(12)18/h3-9,19H,18H2,1-2H3. The summed E-state index contributed by atoms with van der Waals surface area (Å²) in [5.74, 6) is -0.0354. The van der Waals surface area contributed by atoms with Gasteiger partial charge in [0.2, 0.25) is 0 Å². The summed E-state index contributed by atoms with van der Waals surface area (Å²) in [6, 6.07) is 11.5. The van der Waals surface area contributed by atoms with Crippen LogP contribution in [0.3, 0.4) is 0 Å². The second kappa shape index (κ2) is 4.53. The smallest absolute Gasteiger partial charge is 0.197 e. The third kappa shape index (κ3) is 1.79. The number of nitrogen functional groups attached to an aromatic ring is 1. The number of nitrogens with one attached hydrogen (secondary N) is 1. The summed E-state index contributed by atoms with van der Waals surface area (Å²) in [5, 5.41) is 0.971. The van der Waals surface area contributed by atoms with E-state index in [1.165, 1.54) is 0 Å². The number of aromatic amines is 1. The molecule has 3 heteroatoms. The van der Waals surface area contributed by atoms with Crippen molar-refractivity contribution in [2.45, 2.75) is 13.8 Å². The minimum atomic E-state index is -0.0354. The molecule has 0 saturated heterocycles. The molecule has 20 heavy (non-hydrogen) atoms. The Kier molecular flexibility index (Phi) is 2.83. The summed E-state index contributed by atoms with van der Waals surface area (Å²) in [5.41, 5.74) is 10.8. The van der Waals surface area contributed by atoms with E-state index in [-0.39, 0.29) is 5.78 Å². The molecule has 0 spiro atoms. The van der Waals surface area contributed by atoms with Gasteiger partial charge in [-0.15, -0.1) is 0 Å². The van der Waals surface area contributed by atoms with Crippen LogP contribution in [0.2, 0.25) is 0 Å². The molecule has 0 aliphatic rings. The van der Waals surface area contributed by atoms with E-state index in [9.17, 15) is 4.79 Å². The lowest BCUT2D eigenvalue weighted by Gasteiger charge is -2.07. The summed E-state index contributed by atoms with van der Waals surface area (Å²) >= 11 is 0. The van der Waals surface area contributed by atoms with Crippen LogP contribution in [0, 0.1) is 13.8 Å². The number of para-hydroxylation sites is 1. The third-order valence-corrected chi connectivity index (χ3v) is 3.73. The van der Waals surface area contributed by atoms with Crippen molar-refractivity contribution in [1.82, 2.24) is 4.98 Å².